The molecular formula is C16H24N2O4S. The summed E-state index contributed by atoms with van der Waals surface area (Å²) in [7, 11) is -3.18. The molecule has 6 nitrogen and oxygen atoms in total. The Kier molecular flexibility index (Phi) is 4.62. The molecule has 3 rings (SSSR count). The van der Waals surface area contributed by atoms with Crippen LogP contribution in [-0.4, -0.2) is 54.9 Å². The molecule has 2 aliphatic rings. The van der Waals surface area contributed by atoms with Crippen LogP contribution in [0.5, 0.6) is 5.88 Å². The molecule has 2 aliphatic heterocycles. The number of hydrogen-bond donors (Lipinski definition) is 0. The van der Waals surface area contributed by atoms with E-state index in [1.165, 1.54) is 0 Å². The Labute approximate surface area is 137 Å². The summed E-state index contributed by atoms with van der Waals surface area (Å²) in [6.45, 7) is 5.65. The Balaban J connectivity index is 1.53. The third kappa shape index (κ3) is 3.22. The van der Waals surface area contributed by atoms with Gasteiger partial charge in [-0.2, -0.15) is 4.31 Å². The van der Waals surface area contributed by atoms with Crippen molar-refractivity contribution in [2.45, 2.75) is 37.5 Å². The number of hydrogen-bond acceptors (Lipinski definition) is 5. The second kappa shape index (κ2) is 6.37. The first-order valence-corrected chi connectivity index (χ1v) is 9.61. The summed E-state index contributed by atoms with van der Waals surface area (Å²) < 4.78 is 37.5. The van der Waals surface area contributed by atoms with Gasteiger partial charge in [-0.1, -0.05) is 6.07 Å². The maximum absolute atomic E-state index is 12.2. The molecule has 0 radical (unpaired) electrons. The van der Waals surface area contributed by atoms with E-state index in [1.807, 2.05) is 18.2 Å². The van der Waals surface area contributed by atoms with Crippen molar-refractivity contribution >= 4 is 10.0 Å². The Morgan fingerprint density at radius 1 is 1.43 bits per heavy atom. The van der Waals surface area contributed by atoms with Crippen molar-refractivity contribution in [1.82, 2.24) is 9.29 Å². The molecule has 3 heterocycles. The van der Waals surface area contributed by atoms with E-state index in [0.717, 1.165) is 12.8 Å². The van der Waals surface area contributed by atoms with Crippen LogP contribution in [0.2, 0.25) is 0 Å². The zero-order chi connectivity index (χ0) is 16.5. The minimum atomic E-state index is -3.18. The smallest absolute Gasteiger partial charge is 0.216 e. The van der Waals surface area contributed by atoms with E-state index in [9.17, 15) is 8.42 Å². The Hall–Kier alpha value is -1.18. The lowest BCUT2D eigenvalue weighted by Crippen LogP contribution is -2.66. The first kappa shape index (κ1) is 16.7. The fourth-order valence-electron chi connectivity index (χ4n) is 3.31. The monoisotopic (exact) mass is 340 g/mol. The Morgan fingerprint density at radius 3 is 2.87 bits per heavy atom. The fourth-order valence-corrected chi connectivity index (χ4v) is 4.70. The van der Waals surface area contributed by atoms with Gasteiger partial charge in [0.25, 0.3) is 0 Å². The summed E-state index contributed by atoms with van der Waals surface area (Å²) in [6, 6.07) is 5.58. The highest BCUT2D eigenvalue weighted by Crippen LogP contribution is 2.43. The van der Waals surface area contributed by atoms with Crippen LogP contribution in [0, 0.1) is 5.92 Å². The Morgan fingerprint density at radius 2 is 2.22 bits per heavy atom. The van der Waals surface area contributed by atoms with Crippen LogP contribution in [0.1, 0.15) is 26.7 Å². The van der Waals surface area contributed by atoms with Gasteiger partial charge in [0.05, 0.1) is 17.5 Å². The molecule has 128 valence electrons. The minimum Gasteiger partial charge on any atom is -0.478 e. The number of pyridine rings is 1. The van der Waals surface area contributed by atoms with Crippen LogP contribution in [0.25, 0.3) is 0 Å². The first-order valence-electron chi connectivity index (χ1n) is 8.11. The number of nitrogens with zero attached hydrogens (tertiary/aromatic N) is 2. The summed E-state index contributed by atoms with van der Waals surface area (Å²) in [5, 5.41) is -0.382. The molecule has 2 saturated heterocycles. The van der Waals surface area contributed by atoms with Gasteiger partial charge >= 0.3 is 0 Å². The van der Waals surface area contributed by atoms with Gasteiger partial charge in [-0.05, 0) is 38.7 Å². The minimum absolute atomic E-state index is 0.310. The van der Waals surface area contributed by atoms with Gasteiger partial charge in [-0.15, -0.1) is 0 Å². The largest absolute Gasteiger partial charge is 0.478 e. The molecule has 2 fully saturated rings. The lowest BCUT2D eigenvalue weighted by Gasteiger charge is -2.49. The Bertz CT molecular complexity index is 627. The summed E-state index contributed by atoms with van der Waals surface area (Å²) in [5.74, 6) is 0.961. The van der Waals surface area contributed by atoms with Gasteiger partial charge in [0.1, 0.15) is 0 Å². The van der Waals surface area contributed by atoms with Crippen LogP contribution >= 0.6 is 0 Å². The molecular weight excluding hydrogens is 316 g/mol. The molecule has 0 N–H and O–H groups in total. The molecule has 1 spiro atoms. The van der Waals surface area contributed by atoms with Crippen LogP contribution in [0.4, 0.5) is 0 Å². The van der Waals surface area contributed by atoms with E-state index in [4.69, 9.17) is 9.47 Å². The highest BCUT2D eigenvalue weighted by molar-refractivity contribution is 7.89. The van der Waals surface area contributed by atoms with Crippen molar-refractivity contribution in [2.24, 2.45) is 5.92 Å². The second-order valence-electron chi connectivity index (χ2n) is 6.57. The number of sulfonamides is 1. The molecule has 1 aromatic heterocycles. The van der Waals surface area contributed by atoms with Crippen molar-refractivity contribution in [3.8, 4) is 5.88 Å². The third-order valence-electron chi connectivity index (χ3n) is 4.80. The van der Waals surface area contributed by atoms with Crippen molar-refractivity contribution < 1.29 is 17.9 Å². The molecule has 23 heavy (non-hydrogen) atoms. The predicted molar refractivity (Wildman–Crippen MR) is 86.8 cm³/mol. The summed E-state index contributed by atoms with van der Waals surface area (Å²) >= 11 is 0. The first-order chi connectivity index (χ1) is 10.9. The summed E-state index contributed by atoms with van der Waals surface area (Å²) in [4.78, 5) is 4.14. The van der Waals surface area contributed by atoms with Gasteiger partial charge in [0, 0.05) is 32.0 Å². The lowest BCUT2D eigenvalue weighted by atomic mass is 9.80. The molecule has 0 bridgehead atoms. The van der Waals surface area contributed by atoms with E-state index < -0.39 is 10.0 Å². The van der Waals surface area contributed by atoms with Crippen LogP contribution < -0.4 is 4.74 Å². The molecule has 1 atom stereocenters. The van der Waals surface area contributed by atoms with Gasteiger partial charge in [0.2, 0.25) is 15.9 Å². The van der Waals surface area contributed by atoms with Gasteiger partial charge < -0.3 is 9.47 Å². The molecule has 1 aromatic rings. The summed E-state index contributed by atoms with van der Waals surface area (Å²) in [6.07, 6.45) is 3.52. The lowest BCUT2D eigenvalue weighted by molar-refractivity contribution is -0.104. The predicted octanol–water partition coefficient (Wildman–Crippen LogP) is 1.68. The normalized spacial score (nSPS) is 24.0. The molecule has 0 amide bonds. The SMILES string of the molecule is CC(C)S(=O)(=O)N1CC2(C1)OCCC2CCOc1ccccn1. The average molecular weight is 340 g/mol. The van der Waals surface area contributed by atoms with Crippen molar-refractivity contribution in [1.29, 1.82) is 0 Å². The quantitative estimate of drug-likeness (QED) is 0.788. The molecule has 7 heteroatoms. The molecule has 0 aromatic carbocycles. The van der Waals surface area contributed by atoms with Crippen LogP contribution in [0.3, 0.4) is 0 Å². The van der Waals surface area contributed by atoms with Gasteiger partial charge in [-0.3, -0.25) is 0 Å². The van der Waals surface area contributed by atoms with Crippen molar-refractivity contribution in [3.63, 3.8) is 0 Å². The highest BCUT2D eigenvalue weighted by Gasteiger charge is 2.56. The molecule has 0 saturated carbocycles. The van der Waals surface area contributed by atoms with Crippen LogP contribution in [-0.2, 0) is 14.8 Å². The number of rotatable bonds is 6. The second-order valence-corrected chi connectivity index (χ2v) is 9.05. The van der Waals surface area contributed by atoms with E-state index in [2.05, 4.69) is 4.98 Å². The third-order valence-corrected chi connectivity index (χ3v) is 6.97. The summed E-state index contributed by atoms with van der Waals surface area (Å²) in [5.41, 5.74) is -0.310. The average Bonchev–Trinajstić information content (AvgIpc) is 2.90. The fraction of sp³-hybridized carbons (Fsp3) is 0.688. The van der Waals surface area contributed by atoms with Gasteiger partial charge in [-0.25, -0.2) is 13.4 Å². The van der Waals surface area contributed by atoms with Crippen LogP contribution in [0.15, 0.2) is 24.4 Å². The standard InChI is InChI=1S/C16H24N2O4S/c1-13(2)23(19,20)18-11-16(12-18)14(7-10-22-16)6-9-21-15-5-3-4-8-17-15/h3-5,8,13-14H,6-7,9-12H2,1-2H3. The number of ether oxygens (including phenoxy) is 2. The topological polar surface area (TPSA) is 68.7 Å². The number of aromatic nitrogens is 1. The highest BCUT2D eigenvalue weighted by atomic mass is 32.2. The zero-order valence-corrected chi connectivity index (χ0v) is 14.5. The maximum atomic E-state index is 12.2. The zero-order valence-electron chi connectivity index (χ0n) is 13.6. The van der Waals surface area contributed by atoms with E-state index in [-0.39, 0.29) is 10.9 Å². The van der Waals surface area contributed by atoms with E-state index >= 15 is 0 Å². The molecule has 1 unspecified atom stereocenters. The van der Waals surface area contributed by atoms with E-state index in [1.54, 1.807) is 24.3 Å². The molecule has 0 aliphatic carbocycles. The van der Waals surface area contributed by atoms with Gasteiger partial charge in [0.15, 0.2) is 0 Å². The van der Waals surface area contributed by atoms with Crippen molar-refractivity contribution in [3.05, 3.63) is 24.4 Å². The van der Waals surface area contributed by atoms with E-state index in [0.29, 0.717) is 38.1 Å². The van der Waals surface area contributed by atoms with Crippen molar-refractivity contribution in [2.75, 3.05) is 26.3 Å². The maximum Gasteiger partial charge on any atom is 0.216 e.